The number of hydrogen-bond acceptors (Lipinski definition) is 4. The van der Waals surface area contributed by atoms with Gasteiger partial charge >= 0.3 is 0 Å². The fourth-order valence-electron chi connectivity index (χ4n) is 2.98. The van der Waals surface area contributed by atoms with Gasteiger partial charge in [-0.25, -0.2) is 0 Å². The lowest BCUT2D eigenvalue weighted by Crippen LogP contribution is -2.34. The predicted molar refractivity (Wildman–Crippen MR) is 127 cm³/mol. The Hall–Kier alpha value is -3.58. The molecule has 0 bridgehead atoms. The van der Waals surface area contributed by atoms with Gasteiger partial charge in [0.15, 0.2) is 11.5 Å². The molecule has 0 aromatic heterocycles. The molecule has 0 spiro atoms. The van der Waals surface area contributed by atoms with Gasteiger partial charge in [-0.1, -0.05) is 60.7 Å². The highest BCUT2D eigenvalue weighted by atomic mass is 79.9. The lowest BCUT2D eigenvalue weighted by molar-refractivity contribution is -0.123. The second-order valence-corrected chi connectivity index (χ2v) is 7.80. The van der Waals surface area contributed by atoms with Crippen LogP contribution < -0.4 is 15.4 Å². The first kappa shape index (κ1) is 23.1. The van der Waals surface area contributed by atoms with Crippen LogP contribution in [-0.4, -0.2) is 24.0 Å². The van der Waals surface area contributed by atoms with Gasteiger partial charge in [-0.05, 0) is 50.8 Å². The van der Waals surface area contributed by atoms with E-state index >= 15 is 0 Å². The summed E-state index contributed by atoms with van der Waals surface area (Å²) < 4.78 is 5.56. The summed E-state index contributed by atoms with van der Waals surface area (Å²) in [5.74, 6) is -0.863. The van der Waals surface area contributed by atoms with E-state index in [1.54, 1.807) is 12.1 Å². The topological polar surface area (TPSA) is 87.7 Å². The van der Waals surface area contributed by atoms with Crippen molar-refractivity contribution in [3.05, 3.63) is 99.5 Å². The van der Waals surface area contributed by atoms with E-state index in [0.717, 1.165) is 11.1 Å². The van der Waals surface area contributed by atoms with E-state index in [4.69, 9.17) is 4.74 Å². The molecule has 0 radical (unpaired) electrons. The molecule has 2 amide bonds. The van der Waals surface area contributed by atoms with Crippen LogP contribution in [-0.2, 0) is 22.7 Å². The maximum absolute atomic E-state index is 12.9. The van der Waals surface area contributed by atoms with Crippen molar-refractivity contribution in [3.8, 4) is 11.5 Å². The van der Waals surface area contributed by atoms with E-state index in [9.17, 15) is 14.7 Å². The smallest absolute Gasteiger partial charge is 0.257 e. The predicted octanol–water partition coefficient (Wildman–Crippen LogP) is 4.18. The molecule has 0 aliphatic carbocycles. The number of phenolic OH excluding ortho intramolecular Hbond substituents is 1. The van der Waals surface area contributed by atoms with Gasteiger partial charge in [-0.3, -0.25) is 9.59 Å². The average Bonchev–Trinajstić information content (AvgIpc) is 2.82. The highest BCUT2D eigenvalue weighted by Crippen LogP contribution is 2.35. The second kappa shape index (κ2) is 11.2. The van der Waals surface area contributed by atoms with Crippen molar-refractivity contribution in [1.82, 2.24) is 10.6 Å². The third kappa shape index (κ3) is 6.21. The Kier molecular flexibility index (Phi) is 8.05. The molecule has 0 heterocycles. The Balaban J connectivity index is 1.85. The van der Waals surface area contributed by atoms with Crippen molar-refractivity contribution in [3.63, 3.8) is 0 Å². The molecule has 6 nitrogen and oxygen atoms in total. The van der Waals surface area contributed by atoms with Crippen molar-refractivity contribution in [1.29, 1.82) is 0 Å². The minimum Gasteiger partial charge on any atom is -0.503 e. The summed E-state index contributed by atoms with van der Waals surface area (Å²) in [5, 5.41) is 15.6. The molecular weight excluding hydrogens is 472 g/mol. The standard InChI is InChI=1S/C25H23BrN2O4/c1-32-22-14-19(13-21(26)23(22)29)12-20(24(30)27-15-17-8-4-2-5-9-17)25(31)28-16-18-10-6-3-7-11-18/h2-14,29H,15-16H2,1H3,(H,27,30)(H,28,31). The van der Waals surface area contributed by atoms with Gasteiger partial charge in [0, 0.05) is 13.1 Å². The fraction of sp³-hybridized carbons (Fsp3) is 0.120. The van der Waals surface area contributed by atoms with Gasteiger partial charge in [-0.2, -0.15) is 0 Å². The molecule has 32 heavy (non-hydrogen) atoms. The number of ether oxygens (including phenoxy) is 1. The Morgan fingerprint density at radius 2 is 1.41 bits per heavy atom. The van der Waals surface area contributed by atoms with Crippen LogP contribution in [0.4, 0.5) is 0 Å². The lowest BCUT2D eigenvalue weighted by Gasteiger charge is -2.12. The van der Waals surface area contributed by atoms with Crippen LogP contribution >= 0.6 is 15.9 Å². The van der Waals surface area contributed by atoms with Gasteiger partial charge in [0.25, 0.3) is 11.8 Å². The minimum atomic E-state index is -0.512. The quantitative estimate of drug-likeness (QED) is 0.249. The van der Waals surface area contributed by atoms with Gasteiger partial charge in [0.05, 0.1) is 11.6 Å². The molecule has 0 atom stereocenters. The summed E-state index contributed by atoms with van der Waals surface area (Å²) in [6, 6.07) is 22.0. The van der Waals surface area contributed by atoms with E-state index in [0.29, 0.717) is 10.0 Å². The van der Waals surface area contributed by atoms with E-state index < -0.39 is 11.8 Å². The molecule has 3 rings (SSSR count). The van der Waals surface area contributed by atoms with Crippen LogP contribution in [0.15, 0.2) is 82.8 Å². The minimum absolute atomic E-state index is 0.0588. The summed E-state index contributed by atoms with van der Waals surface area (Å²) in [6.07, 6.45) is 1.47. The third-order valence-corrected chi connectivity index (χ3v) is 5.27. The number of aromatic hydroxyl groups is 1. The molecule has 0 saturated heterocycles. The highest BCUT2D eigenvalue weighted by molar-refractivity contribution is 9.10. The zero-order chi connectivity index (χ0) is 22.9. The maximum atomic E-state index is 12.9. The number of benzene rings is 3. The van der Waals surface area contributed by atoms with Crippen molar-refractivity contribution in [2.24, 2.45) is 0 Å². The van der Waals surface area contributed by atoms with Crippen LogP contribution in [0.25, 0.3) is 6.08 Å². The Labute approximate surface area is 195 Å². The second-order valence-electron chi connectivity index (χ2n) is 6.95. The van der Waals surface area contributed by atoms with E-state index in [2.05, 4.69) is 26.6 Å². The van der Waals surface area contributed by atoms with Gasteiger partial charge in [0.2, 0.25) is 0 Å². The van der Waals surface area contributed by atoms with Gasteiger partial charge in [0.1, 0.15) is 5.57 Å². The number of carbonyl (C=O) groups is 2. The molecule has 0 saturated carbocycles. The number of amides is 2. The highest BCUT2D eigenvalue weighted by Gasteiger charge is 2.19. The monoisotopic (exact) mass is 494 g/mol. The number of halogens is 1. The van der Waals surface area contributed by atoms with Crippen LogP contribution in [0, 0.1) is 0 Å². The Morgan fingerprint density at radius 1 is 0.906 bits per heavy atom. The normalized spacial score (nSPS) is 10.2. The number of nitrogens with one attached hydrogen (secondary N) is 2. The van der Waals surface area contributed by atoms with Crippen LogP contribution in [0.1, 0.15) is 16.7 Å². The van der Waals surface area contributed by atoms with Crippen molar-refractivity contribution in [2.45, 2.75) is 13.1 Å². The van der Waals surface area contributed by atoms with Crippen molar-refractivity contribution in [2.75, 3.05) is 7.11 Å². The SMILES string of the molecule is COc1cc(C=C(C(=O)NCc2ccccc2)C(=O)NCc2ccccc2)cc(Br)c1O. The fourth-order valence-corrected chi connectivity index (χ4v) is 3.44. The first-order valence-electron chi connectivity index (χ1n) is 9.90. The summed E-state index contributed by atoms with van der Waals surface area (Å²) in [6.45, 7) is 0.567. The Morgan fingerprint density at radius 3 is 1.88 bits per heavy atom. The summed E-state index contributed by atoms with van der Waals surface area (Å²) >= 11 is 3.26. The zero-order valence-electron chi connectivity index (χ0n) is 17.5. The molecule has 0 unspecified atom stereocenters. The first-order valence-corrected chi connectivity index (χ1v) is 10.7. The molecule has 3 aromatic carbocycles. The third-order valence-electron chi connectivity index (χ3n) is 4.66. The summed E-state index contributed by atoms with van der Waals surface area (Å²) in [4.78, 5) is 25.9. The van der Waals surface area contributed by atoms with E-state index in [-0.39, 0.29) is 30.2 Å². The summed E-state index contributed by atoms with van der Waals surface area (Å²) in [7, 11) is 1.43. The van der Waals surface area contributed by atoms with Crippen LogP contribution in [0.5, 0.6) is 11.5 Å². The molecule has 0 aliphatic heterocycles. The van der Waals surface area contributed by atoms with Gasteiger partial charge < -0.3 is 20.5 Å². The lowest BCUT2D eigenvalue weighted by atomic mass is 10.1. The Bertz CT molecular complexity index is 1060. The van der Waals surface area contributed by atoms with E-state index in [1.807, 2.05) is 60.7 Å². The molecule has 0 aliphatic rings. The molecule has 3 N–H and O–H groups in total. The molecular formula is C25H23BrN2O4. The molecule has 3 aromatic rings. The number of hydrogen-bond donors (Lipinski definition) is 3. The van der Waals surface area contributed by atoms with Gasteiger partial charge in [-0.15, -0.1) is 0 Å². The number of phenols is 1. The van der Waals surface area contributed by atoms with Crippen LogP contribution in [0.3, 0.4) is 0 Å². The largest absolute Gasteiger partial charge is 0.503 e. The number of rotatable bonds is 8. The van der Waals surface area contributed by atoms with Crippen molar-refractivity contribution >= 4 is 33.8 Å². The van der Waals surface area contributed by atoms with E-state index in [1.165, 1.54) is 13.2 Å². The number of methoxy groups -OCH3 is 1. The van der Waals surface area contributed by atoms with Crippen LogP contribution in [0.2, 0.25) is 0 Å². The molecule has 7 heteroatoms. The molecule has 0 fully saturated rings. The number of carbonyl (C=O) groups excluding carboxylic acids is 2. The average molecular weight is 495 g/mol. The molecule has 164 valence electrons. The maximum Gasteiger partial charge on any atom is 0.257 e. The van der Waals surface area contributed by atoms with Crippen molar-refractivity contribution < 1.29 is 19.4 Å². The first-order chi connectivity index (χ1) is 15.5. The zero-order valence-corrected chi connectivity index (χ0v) is 19.1. The summed E-state index contributed by atoms with van der Waals surface area (Å²) in [5.41, 5.74) is 2.29.